The molecule has 2 heterocycles. The van der Waals surface area contributed by atoms with Crippen molar-refractivity contribution in [2.75, 3.05) is 26.7 Å². The van der Waals surface area contributed by atoms with Crippen molar-refractivity contribution in [3.05, 3.63) is 16.1 Å². The normalized spacial score (nSPS) is 21.9. The summed E-state index contributed by atoms with van der Waals surface area (Å²) < 4.78 is 0. The topological polar surface area (TPSA) is 28.2 Å². The van der Waals surface area contributed by atoms with Crippen LogP contribution in [0.4, 0.5) is 0 Å². The molecule has 2 rings (SSSR count). The zero-order valence-electron chi connectivity index (χ0n) is 10.9. The number of likely N-dealkylation sites (N-methyl/N-ethyl adjacent to an activating group) is 1. The molecular weight excluding hydrogens is 230 g/mol. The first-order chi connectivity index (χ1) is 8.28. The number of hydrogen-bond donors (Lipinski definition) is 1. The number of nitrogens with one attached hydrogen (secondary N) is 1. The minimum absolute atomic E-state index is 0.646. The predicted octanol–water partition coefficient (Wildman–Crippen LogP) is 1.93. The van der Waals surface area contributed by atoms with Crippen molar-refractivity contribution < 1.29 is 0 Å². The highest BCUT2D eigenvalue weighted by molar-refractivity contribution is 7.09. The Kier molecular flexibility index (Phi) is 4.95. The van der Waals surface area contributed by atoms with Crippen molar-refractivity contribution in [3.63, 3.8) is 0 Å². The van der Waals surface area contributed by atoms with Gasteiger partial charge in [-0.3, -0.25) is 0 Å². The molecule has 96 valence electrons. The number of aromatic nitrogens is 1. The van der Waals surface area contributed by atoms with E-state index in [2.05, 4.69) is 34.6 Å². The zero-order chi connectivity index (χ0) is 12.1. The van der Waals surface area contributed by atoms with E-state index in [9.17, 15) is 0 Å². The van der Waals surface area contributed by atoms with Crippen LogP contribution in [0.3, 0.4) is 0 Å². The Hall–Kier alpha value is -0.450. The fourth-order valence-electron chi connectivity index (χ4n) is 2.32. The predicted molar refractivity (Wildman–Crippen MR) is 73.7 cm³/mol. The van der Waals surface area contributed by atoms with Gasteiger partial charge in [0, 0.05) is 37.5 Å². The molecule has 1 atom stereocenters. The third-order valence-electron chi connectivity index (χ3n) is 3.27. The zero-order valence-corrected chi connectivity index (χ0v) is 11.7. The molecule has 0 spiro atoms. The van der Waals surface area contributed by atoms with E-state index < -0.39 is 0 Å². The molecule has 0 aromatic carbocycles. The number of aryl methyl sites for hydroxylation is 2. The van der Waals surface area contributed by atoms with Gasteiger partial charge in [-0.25, -0.2) is 4.98 Å². The molecule has 1 fully saturated rings. The van der Waals surface area contributed by atoms with Gasteiger partial charge >= 0.3 is 0 Å². The monoisotopic (exact) mass is 253 g/mol. The molecule has 0 amide bonds. The van der Waals surface area contributed by atoms with Gasteiger partial charge in [0.15, 0.2) is 0 Å². The lowest BCUT2D eigenvalue weighted by molar-refractivity contribution is 0.232. The van der Waals surface area contributed by atoms with Crippen LogP contribution in [-0.4, -0.2) is 42.6 Å². The molecule has 1 unspecified atom stereocenters. The van der Waals surface area contributed by atoms with Crippen LogP contribution in [0.15, 0.2) is 5.38 Å². The molecule has 1 aromatic rings. The number of rotatable bonds is 5. The van der Waals surface area contributed by atoms with Crippen LogP contribution >= 0.6 is 11.3 Å². The lowest BCUT2D eigenvalue weighted by atomic mass is 10.1. The largest absolute Gasteiger partial charge is 0.311 e. The second kappa shape index (κ2) is 6.47. The van der Waals surface area contributed by atoms with Gasteiger partial charge in [0.2, 0.25) is 0 Å². The summed E-state index contributed by atoms with van der Waals surface area (Å²) in [4.78, 5) is 7.09. The average molecular weight is 253 g/mol. The van der Waals surface area contributed by atoms with Gasteiger partial charge in [-0.1, -0.05) is 13.3 Å². The maximum atomic E-state index is 4.68. The fourth-order valence-corrected chi connectivity index (χ4v) is 3.17. The van der Waals surface area contributed by atoms with E-state index in [0.29, 0.717) is 6.04 Å². The second-order valence-electron chi connectivity index (χ2n) is 4.93. The van der Waals surface area contributed by atoms with Crippen LogP contribution in [0, 0.1) is 0 Å². The maximum absolute atomic E-state index is 4.68. The molecule has 1 aliphatic heterocycles. The van der Waals surface area contributed by atoms with E-state index in [-0.39, 0.29) is 0 Å². The van der Waals surface area contributed by atoms with Gasteiger partial charge in [-0.2, -0.15) is 0 Å². The fraction of sp³-hybridized carbons (Fsp3) is 0.769. The van der Waals surface area contributed by atoms with Crippen molar-refractivity contribution in [1.29, 1.82) is 0 Å². The average Bonchev–Trinajstić information content (AvgIpc) is 2.75. The number of nitrogens with zero attached hydrogens (tertiary/aromatic N) is 2. The van der Waals surface area contributed by atoms with Crippen molar-refractivity contribution >= 4 is 11.3 Å². The highest BCUT2D eigenvalue weighted by atomic mass is 32.1. The Morgan fingerprint density at radius 3 is 3.18 bits per heavy atom. The molecule has 1 saturated heterocycles. The van der Waals surface area contributed by atoms with Crippen LogP contribution < -0.4 is 5.32 Å². The number of thiazole rings is 1. The highest BCUT2D eigenvalue weighted by Gasteiger charge is 2.16. The summed E-state index contributed by atoms with van der Waals surface area (Å²) in [6, 6.07) is 0.646. The van der Waals surface area contributed by atoms with Crippen LogP contribution in [0.25, 0.3) is 0 Å². The van der Waals surface area contributed by atoms with E-state index in [1.807, 2.05) is 11.3 Å². The Labute approximate surface area is 108 Å². The van der Waals surface area contributed by atoms with Gasteiger partial charge < -0.3 is 10.2 Å². The summed E-state index contributed by atoms with van der Waals surface area (Å²) >= 11 is 1.83. The summed E-state index contributed by atoms with van der Waals surface area (Å²) in [5.41, 5.74) is 1.28. The van der Waals surface area contributed by atoms with Crippen LogP contribution in [0.5, 0.6) is 0 Å². The first-order valence-corrected chi connectivity index (χ1v) is 7.51. The summed E-state index contributed by atoms with van der Waals surface area (Å²) in [7, 11) is 2.20. The summed E-state index contributed by atoms with van der Waals surface area (Å²) in [5, 5.41) is 7.12. The molecular formula is C13H23N3S. The maximum Gasteiger partial charge on any atom is 0.0928 e. The minimum atomic E-state index is 0.646. The molecule has 0 radical (unpaired) electrons. The first-order valence-electron chi connectivity index (χ1n) is 6.63. The molecule has 1 aromatic heterocycles. The Balaban J connectivity index is 1.76. The third-order valence-corrected chi connectivity index (χ3v) is 4.23. The smallest absolute Gasteiger partial charge is 0.0928 e. The van der Waals surface area contributed by atoms with Gasteiger partial charge in [0.1, 0.15) is 0 Å². The Bertz CT molecular complexity index is 337. The van der Waals surface area contributed by atoms with Crippen molar-refractivity contribution in [2.45, 2.75) is 38.6 Å². The van der Waals surface area contributed by atoms with Crippen molar-refractivity contribution in [2.24, 2.45) is 0 Å². The summed E-state index contributed by atoms with van der Waals surface area (Å²) in [6.07, 6.45) is 4.66. The summed E-state index contributed by atoms with van der Waals surface area (Å²) in [5.74, 6) is 0. The molecule has 17 heavy (non-hydrogen) atoms. The minimum Gasteiger partial charge on any atom is -0.311 e. The lowest BCUT2D eigenvalue weighted by Crippen LogP contribution is -2.49. The molecule has 3 nitrogen and oxygen atoms in total. The molecule has 1 aliphatic rings. The van der Waals surface area contributed by atoms with E-state index in [4.69, 9.17) is 0 Å². The van der Waals surface area contributed by atoms with E-state index >= 15 is 0 Å². The van der Waals surface area contributed by atoms with Crippen molar-refractivity contribution in [1.82, 2.24) is 15.2 Å². The van der Waals surface area contributed by atoms with Gasteiger partial charge in [0.25, 0.3) is 0 Å². The quantitative estimate of drug-likeness (QED) is 0.869. The Morgan fingerprint density at radius 1 is 1.53 bits per heavy atom. The van der Waals surface area contributed by atoms with Crippen LogP contribution in [0.1, 0.15) is 30.5 Å². The summed E-state index contributed by atoms with van der Waals surface area (Å²) in [6.45, 7) is 5.68. The Morgan fingerprint density at radius 2 is 2.41 bits per heavy atom. The van der Waals surface area contributed by atoms with Gasteiger partial charge in [-0.15, -0.1) is 11.3 Å². The number of piperazine rings is 1. The molecule has 1 N–H and O–H groups in total. The standard InChI is InChI=1S/C13H23N3S/c1-3-4-12-10-17-13(15-12)6-5-11-9-16(2)8-7-14-11/h10-11,14H,3-9H2,1-2H3. The van der Waals surface area contributed by atoms with Crippen molar-refractivity contribution in [3.8, 4) is 0 Å². The number of hydrogen-bond acceptors (Lipinski definition) is 4. The molecule has 0 bridgehead atoms. The van der Waals surface area contributed by atoms with Gasteiger partial charge in [0.05, 0.1) is 10.7 Å². The molecule has 4 heteroatoms. The van der Waals surface area contributed by atoms with Crippen LogP contribution in [0.2, 0.25) is 0 Å². The molecule has 0 saturated carbocycles. The van der Waals surface area contributed by atoms with E-state index in [0.717, 1.165) is 19.4 Å². The highest BCUT2D eigenvalue weighted by Crippen LogP contribution is 2.14. The van der Waals surface area contributed by atoms with E-state index in [1.165, 1.54) is 36.6 Å². The first kappa shape index (κ1) is 13.0. The lowest BCUT2D eigenvalue weighted by Gasteiger charge is -2.30. The molecule has 0 aliphatic carbocycles. The van der Waals surface area contributed by atoms with E-state index in [1.54, 1.807) is 0 Å². The van der Waals surface area contributed by atoms with Gasteiger partial charge in [-0.05, 0) is 19.9 Å². The third kappa shape index (κ3) is 4.05. The SMILES string of the molecule is CCCc1csc(CCC2CN(C)CCN2)n1. The van der Waals surface area contributed by atoms with Crippen LogP contribution in [-0.2, 0) is 12.8 Å². The second-order valence-corrected chi connectivity index (χ2v) is 5.88.